The molecule has 14 heavy (non-hydrogen) atoms. The zero-order valence-electron chi connectivity index (χ0n) is 9.26. The highest BCUT2D eigenvalue weighted by atomic mass is 19.1. The Morgan fingerprint density at radius 3 is 2.43 bits per heavy atom. The quantitative estimate of drug-likeness (QED) is 0.777. The summed E-state index contributed by atoms with van der Waals surface area (Å²) in [6.45, 7) is 8.07. The summed E-state index contributed by atoms with van der Waals surface area (Å²) in [5.41, 5.74) is 1.29. The standard InChI is InChI=1S/C12H18FN/c1-8(2)10(4)14-11-7-5-6-9(3)12(11)13/h5-8,10,14H,1-4H3. The molecular weight excluding hydrogens is 177 g/mol. The fraction of sp³-hybridized carbons (Fsp3) is 0.500. The van der Waals surface area contributed by atoms with Crippen LogP contribution in [-0.2, 0) is 0 Å². The number of rotatable bonds is 3. The van der Waals surface area contributed by atoms with Crippen LogP contribution in [0.25, 0.3) is 0 Å². The van der Waals surface area contributed by atoms with Crippen molar-refractivity contribution in [3.63, 3.8) is 0 Å². The van der Waals surface area contributed by atoms with Crippen molar-refractivity contribution < 1.29 is 4.39 Å². The first kappa shape index (κ1) is 11.0. The van der Waals surface area contributed by atoms with E-state index in [1.54, 1.807) is 19.1 Å². The van der Waals surface area contributed by atoms with Crippen LogP contribution in [0.15, 0.2) is 18.2 Å². The highest BCUT2D eigenvalue weighted by Gasteiger charge is 2.10. The van der Waals surface area contributed by atoms with E-state index >= 15 is 0 Å². The molecule has 1 rings (SSSR count). The molecule has 0 radical (unpaired) electrons. The van der Waals surface area contributed by atoms with Crippen molar-refractivity contribution in [1.82, 2.24) is 0 Å². The second-order valence-corrected chi connectivity index (χ2v) is 4.11. The minimum Gasteiger partial charge on any atom is -0.380 e. The van der Waals surface area contributed by atoms with Crippen molar-refractivity contribution in [2.75, 3.05) is 5.32 Å². The van der Waals surface area contributed by atoms with E-state index in [1.165, 1.54) is 0 Å². The molecule has 0 fully saturated rings. The summed E-state index contributed by atoms with van der Waals surface area (Å²) >= 11 is 0. The van der Waals surface area contributed by atoms with Crippen LogP contribution in [0.4, 0.5) is 10.1 Å². The Bertz CT molecular complexity index is 307. The molecule has 1 aromatic carbocycles. The molecule has 0 saturated heterocycles. The zero-order valence-corrected chi connectivity index (χ0v) is 9.26. The molecule has 0 aliphatic heterocycles. The van der Waals surface area contributed by atoms with E-state index in [1.807, 2.05) is 6.07 Å². The Morgan fingerprint density at radius 2 is 1.86 bits per heavy atom. The van der Waals surface area contributed by atoms with Gasteiger partial charge in [-0.05, 0) is 31.4 Å². The van der Waals surface area contributed by atoms with E-state index in [0.29, 0.717) is 17.2 Å². The summed E-state index contributed by atoms with van der Waals surface area (Å²) in [7, 11) is 0. The van der Waals surface area contributed by atoms with Gasteiger partial charge in [0.15, 0.2) is 0 Å². The normalized spacial score (nSPS) is 13.0. The Morgan fingerprint density at radius 1 is 1.21 bits per heavy atom. The van der Waals surface area contributed by atoms with Crippen LogP contribution in [-0.4, -0.2) is 6.04 Å². The van der Waals surface area contributed by atoms with Gasteiger partial charge in [-0.15, -0.1) is 0 Å². The number of benzene rings is 1. The van der Waals surface area contributed by atoms with Crippen LogP contribution < -0.4 is 5.32 Å². The number of nitrogens with one attached hydrogen (secondary N) is 1. The Hall–Kier alpha value is -1.05. The monoisotopic (exact) mass is 195 g/mol. The van der Waals surface area contributed by atoms with Crippen LogP contribution in [0.5, 0.6) is 0 Å². The van der Waals surface area contributed by atoms with Crippen LogP contribution in [0.2, 0.25) is 0 Å². The summed E-state index contributed by atoms with van der Waals surface area (Å²) in [5, 5.41) is 3.18. The van der Waals surface area contributed by atoms with E-state index in [-0.39, 0.29) is 11.9 Å². The molecule has 0 spiro atoms. The van der Waals surface area contributed by atoms with Crippen LogP contribution in [0, 0.1) is 18.7 Å². The first-order chi connectivity index (χ1) is 6.52. The molecule has 0 saturated carbocycles. The first-order valence-electron chi connectivity index (χ1n) is 5.04. The maximum Gasteiger partial charge on any atom is 0.149 e. The molecule has 1 aromatic rings. The Labute approximate surface area is 85.3 Å². The van der Waals surface area contributed by atoms with Gasteiger partial charge < -0.3 is 5.32 Å². The molecule has 78 valence electrons. The highest BCUT2D eigenvalue weighted by Crippen LogP contribution is 2.19. The SMILES string of the molecule is Cc1cccc(NC(C)C(C)C)c1F. The van der Waals surface area contributed by atoms with Crippen molar-refractivity contribution in [3.8, 4) is 0 Å². The smallest absolute Gasteiger partial charge is 0.149 e. The largest absolute Gasteiger partial charge is 0.380 e. The van der Waals surface area contributed by atoms with Crippen molar-refractivity contribution in [1.29, 1.82) is 0 Å². The van der Waals surface area contributed by atoms with Gasteiger partial charge in [-0.25, -0.2) is 4.39 Å². The van der Waals surface area contributed by atoms with Gasteiger partial charge in [0.25, 0.3) is 0 Å². The van der Waals surface area contributed by atoms with Gasteiger partial charge in [-0.2, -0.15) is 0 Å². The lowest BCUT2D eigenvalue weighted by molar-refractivity contribution is 0.551. The molecule has 0 aromatic heterocycles. The lowest BCUT2D eigenvalue weighted by atomic mass is 10.1. The van der Waals surface area contributed by atoms with Crippen molar-refractivity contribution in [2.45, 2.75) is 33.7 Å². The number of hydrogen-bond acceptors (Lipinski definition) is 1. The molecule has 0 aliphatic rings. The van der Waals surface area contributed by atoms with Gasteiger partial charge in [-0.1, -0.05) is 26.0 Å². The minimum atomic E-state index is -0.139. The van der Waals surface area contributed by atoms with Crippen LogP contribution >= 0.6 is 0 Å². The molecule has 0 amide bonds. The molecular formula is C12H18FN. The average molecular weight is 195 g/mol. The summed E-state index contributed by atoms with van der Waals surface area (Å²) in [6.07, 6.45) is 0. The predicted molar refractivity (Wildman–Crippen MR) is 59.1 cm³/mol. The summed E-state index contributed by atoms with van der Waals surface area (Å²) in [4.78, 5) is 0. The summed E-state index contributed by atoms with van der Waals surface area (Å²) in [6, 6.07) is 5.71. The maximum absolute atomic E-state index is 13.6. The minimum absolute atomic E-state index is 0.139. The third-order valence-electron chi connectivity index (χ3n) is 2.57. The van der Waals surface area contributed by atoms with Gasteiger partial charge in [-0.3, -0.25) is 0 Å². The summed E-state index contributed by atoms with van der Waals surface area (Å²) in [5.74, 6) is 0.356. The Balaban J connectivity index is 2.82. The maximum atomic E-state index is 13.6. The number of anilines is 1. The topological polar surface area (TPSA) is 12.0 Å². The molecule has 1 nitrogen and oxygen atoms in total. The molecule has 0 heterocycles. The van der Waals surface area contributed by atoms with E-state index in [9.17, 15) is 4.39 Å². The molecule has 0 aliphatic carbocycles. The van der Waals surface area contributed by atoms with Gasteiger partial charge in [0.1, 0.15) is 5.82 Å². The Kier molecular flexibility index (Phi) is 3.50. The zero-order chi connectivity index (χ0) is 10.7. The highest BCUT2D eigenvalue weighted by molar-refractivity contribution is 5.48. The van der Waals surface area contributed by atoms with E-state index in [4.69, 9.17) is 0 Å². The van der Waals surface area contributed by atoms with Crippen molar-refractivity contribution in [3.05, 3.63) is 29.6 Å². The molecule has 1 atom stereocenters. The van der Waals surface area contributed by atoms with Gasteiger partial charge >= 0.3 is 0 Å². The molecule has 1 N–H and O–H groups in total. The third-order valence-corrected chi connectivity index (χ3v) is 2.57. The first-order valence-corrected chi connectivity index (χ1v) is 5.04. The van der Waals surface area contributed by atoms with Crippen molar-refractivity contribution in [2.24, 2.45) is 5.92 Å². The average Bonchev–Trinajstić information content (AvgIpc) is 2.12. The molecule has 2 heteroatoms. The fourth-order valence-electron chi connectivity index (χ4n) is 1.17. The lowest BCUT2D eigenvalue weighted by Gasteiger charge is -2.19. The fourth-order valence-corrected chi connectivity index (χ4v) is 1.17. The predicted octanol–water partition coefficient (Wildman–Crippen LogP) is 3.59. The summed E-state index contributed by atoms with van der Waals surface area (Å²) < 4.78 is 13.6. The van der Waals surface area contributed by atoms with E-state index in [2.05, 4.69) is 26.1 Å². The van der Waals surface area contributed by atoms with Gasteiger partial charge in [0.05, 0.1) is 5.69 Å². The van der Waals surface area contributed by atoms with Crippen LogP contribution in [0.1, 0.15) is 26.3 Å². The molecule has 1 unspecified atom stereocenters. The third kappa shape index (κ3) is 2.47. The van der Waals surface area contributed by atoms with Crippen LogP contribution in [0.3, 0.4) is 0 Å². The number of hydrogen-bond donors (Lipinski definition) is 1. The van der Waals surface area contributed by atoms with Gasteiger partial charge in [0, 0.05) is 6.04 Å². The second kappa shape index (κ2) is 4.45. The number of halogens is 1. The van der Waals surface area contributed by atoms with E-state index < -0.39 is 0 Å². The lowest BCUT2D eigenvalue weighted by Crippen LogP contribution is -2.22. The van der Waals surface area contributed by atoms with Crippen molar-refractivity contribution >= 4 is 5.69 Å². The van der Waals surface area contributed by atoms with Gasteiger partial charge in [0.2, 0.25) is 0 Å². The molecule has 0 bridgehead atoms. The second-order valence-electron chi connectivity index (χ2n) is 4.11. The number of aryl methyl sites for hydroxylation is 1. The van der Waals surface area contributed by atoms with E-state index in [0.717, 1.165) is 0 Å².